The van der Waals surface area contributed by atoms with Crippen LogP contribution in [0.2, 0.25) is 0 Å². The largest absolute Gasteiger partial charge is 0.454 e. The van der Waals surface area contributed by atoms with Crippen LogP contribution in [0.15, 0.2) is 23.7 Å². The molecule has 0 aromatic carbocycles. The van der Waals surface area contributed by atoms with Crippen molar-refractivity contribution in [3.05, 3.63) is 23.7 Å². The SMILES string of the molecule is N[C@]1(CCO)C=C2OCOC2=CC1. The fourth-order valence-electron chi connectivity index (χ4n) is 1.56. The molecule has 4 nitrogen and oxygen atoms in total. The molecule has 0 radical (unpaired) electrons. The average molecular weight is 183 g/mol. The smallest absolute Gasteiger partial charge is 0.231 e. The predicted molar refractivity (Wildman–Crippen MR) is 46.4 cm³/mol. The molecule has 1 aliphatic heterocycles. The Morgan fingerprint density at radius 2 is 2.23 bits per heavy atom. The van der Waals surface area contributed by atoms with Crippen LogP contribution in [0.1, 0.15) is 12.8 Å². The molecule has 72 valence electrons. The second kappa shape index (κ2) is 3.05. The fraction of sp³-hybridized carbons (Fsp3) is 0.556. The quantitative estimate of drug-likeness (QED) is 0.643. The minimum Gasteiger partial charge on any atom is -0.454 e. The predicted octanol–water partition coefficient (Wildman–Crippen LogP) is 0.242. The number of rotatable bonds is 2. The number of aliphatic hydroxyl groups is 1. The van der Waals surface area contributed by atoms with Crippen molar-refractivity contribution in [3.8, 4) is 0 Å². The number of nitrogens with two attached hydrogens (primary N) is 1. The van der Waals surface area contributed by atoms with Gasteiger partial charge in [-0.2, -0.15) is 0 Å². The molecule has 1 heterocycles. The van der Waals surface area contributed by atoms with Gasteiger partial charge < -0.3 is 20.3 Å². The van der Waals surface area contributed by atoms with E-state index in [-0.39, 0.29) is 13.4 Å². The summed E-state index contributed by atoms with van der Waals surface area (Å²) < 4.78 is 10.4. The molecule has 0 aromatic heterocycles. The van der Waals surface area contributed by atoms with Gasteiger partial charge in [0.05, 0.1) is 0 Å². The summed E-state index contributed by atoms with van der Waals surface area (Å²) in [5, 5.41) is 8.82. The Labute approximate surface area is 76.6 Å². The number of ether oxygens (including phenoxy) is 2. The number of aliphatic hydroxyl groups excluding tert-OH is 1. The van der Waals surface area contributed by atoms with E-state index >= 15 is 0 Å². The molecule has 4 heteroatoms. The van der Waals surface area contributed by atoms with Crippen LogP contribution in [0.4, 0.5) is 0 Å². The van der Waals surface area contributed by atoms with Crippen molar-refractivity contribution in [2.75, 3.05) is 13.4 Å². The van der Waals surface area contributed by atoms with Crippen LogP contribution in [-0.2, 0) is 9.47 Å². The van der Waals surface area contributed by atoms with E-state index in [1.165, 1.54) is 0 Å². The molecular formula is C9H13NO3. The Balaban J connectivity index is 2.17. The first-order valence-electron chi connectivity index (χ1n) is 4.32. The zero-order valence-corrected chi connectivity index (χ0v) is 7.32. The molecule has 13 heavy (non-hydrogen) atoms. The van der Waals surface area contributed by atoms with E-state index in [0.717, 1.165) is 5.76 Å². The maximum absolute atomic E-state index is 8.82. The summed E-state index contributed by atoms with van der Waals surface area (Å²) in [7, 11) is 0. The average Bonchev–Trinajstić information content (AvgIpc) is 2.50. The molecule has 2 rings (SSSR count). The lowest BCUT2D eigenvalue weighted by molar-refractivity contribution is 0.0976. The molecular weight excluding hydrogens is 170 g/mol. The van der Waals surface area contributed by atoms with Crippen molar-refractivity contribution in [2.24, 2.45) is 5.73 Å². The monoisotopic (exact) mass is 183 g/mol. The van der Waals surface area contributed by atoms with Gasteiger partial charge in [-0.15, -0.1) is 0 Å². The number of hydrogen-bond donors (Lipinski definition) is 2. The van der Waals surface area contributed by atoms with Crippen molar-refractivity contribution in [2.45, 2.75) is 18.4 Å². The zero-order chi connectivity index (χ0) is 9.31. The molecule has 1 saturated heterocycles. The molecule has 0 unspecified atom stereocenters. The molecule has 3 N–H and O–H groups in total. The highest BCUT2D eigenvalue weighted by atomic mass is 16.7. The van der Waals surface area contributed by atoms with Gasteiger partial charge in [0.1, 0.15) is 0 Å². The number of fused-ring (bicyclic) bond motifs is 1. The molecule has 0 bridgehead atoms. The van der Waals surface area contributed by atoms with Crippen molar-refractivity contribution in [1.29, 1.82) is 0 Å². The third-order valence-corrected chi connectivity index (χ3v) is 2.34. The molecule has 1 fully saturated rings. The second-order valence-corrected chi connectivity index (χ2v) is 3.39. The lowest BCUT2D eigenvalue weighted by atomic mass is 9.88. The Bertz CT molecular complexity index is 272. The molecule has 0 spiro atoms. The topological polar surface area (TPSA) is 64.7 Å². The van der Waals surface area contributed by atoms with E-state index in [1.54, 1.807) is 0 Å². The van der Waals surface area contributed by atoms with Crippen molar-refractivity contribution >= 4 is 0 Å². The molecule has 0 aromatic rings. The summed E-state index contributed by atoms with van der Waals surface area (Å²) in [4.78, 5) is 0. The Morgan fingerprint density at radius 1 is 1.46 bits per heavy atom. The van der Waals surface area contributed by atoms with Gasteiger partial charge in [0.15, 0.2) is 11.5 Å². The van der Waals surface area contributed by atoms with E-state index in [9.17, 15) is 0 Å². The van der Waals surface area contributed by atoms with E-state index < -0.39 is 5.54 Å². The van der Waals surface area contributed by atoms with Crippen LogP contribution in [0.3, 0.4) is 0 Å². The highest BCUT2D eigenvalue weighted by Gasteiger charge is 2.30. The van der Waals surface area contributed by atoms with Crippen LogP contribution in [0.5, 0.6) is 0 Å². The van der Waals surface area contributed by atoms with E-state index in [4.69, 9.17) is 20.3 Å². The summed E-state index contributed by atoms with van der Waals surface area (Å²) >= 11 is 0. The first kappa shape index (κ1) is 8.59. The maximum Gasteiger partial charge on any atom is 0.231 e. The van der Waals surface area contributed by atoms with Gasteiger partial charge in [-0.3, -0.25) is 0 Å². The van der Waals surface area contributed by atoms with Crippen LogP contribution < -0.4 is 5.73 Å². The van der Waals surface area contributed by atoms with Crippen molar-refractivity contribution in [1.82, 2.24) is 0 Å². The molecule has 0 amide bonds. The first-order valence-corrected chi connectivity index (χ1v) is 4.32. The van der Waals surface area contributed by atoms with Crippen LogP contribution in [-0.4, -0.2) is 24.0 Å². The van der Waals surface area contributed by atoms with Crippen LogP contribution in [0.25, 0.3) is 0 Å². The highest BCUT2D eigenvalue weighted by Crippen LogP contribution is 2.31. The second-order valence-electron chi connectivity index (χ2n) is 3.39. The van der Waals surface area contributed by atoms with Gasteiger partial charge in [-0.1, -0.05) is 0 Å². The summed E-state index contributed by atoms with van der Waals surface area (Å²) in [6.45, 7) is 0.358. The van der Waals surface area contributed by atoms with Crippen molar-refractivity contribution < 1.29 is 14.6 Å². The Hall–Kier alpha value is -1.00. The summed E-state index contributed by atoms with van der Waals surface area (Å²) in [6, 6.07) is 0. The van der Waals surface area contributed by atoms with Gasteiger partial charge in [-0.25, -0.2) is 0 Å². The fourth-order valence-corrected chi connectivity index (χ4v) is 1.56. The van der Waals surface area contributed by atoms with Gasteiger partial charge in [0.25, 0.3) is 0 Å². The number of hydrogen-bond acceptors (Lipinski definition) is 4. The lowest BCUT2D eigenvalue weighted by Gasteiger charge is -2.26. The minimum atomic E-state index is -0.471. The van der Waals surface area contributed by atoms with Gasteiger partial charge in [0, 0.05) is 12.1 Å². The maximum atomic E-state index is 8.82. The molecule has 2 aliphatic rings. The first-order chi connectivity index (χ1) is 6.23. The lowest BCUT2D eigenvalue weighted by Crippen LogP contribution is -2.39. The summed E-state index contributed by atoms with van der Waals surface area (Å²) in [6.07, 6.45) is 4.99. The zero-order valence-electron chi connectivity index (χ0n) is 7.32. The van der Waals surface area contributed by atoms with E-state index in [2.05, 4.69) is 0 Å². The standard InChI is InChI=1S/C9H13NO3/c10-9(3-4-11)2-1-7-8(5-9)13-6-12-7/h1,5,11H,2-4,6,10H2/t9-/m1/s1. The highest BCUT2D eigenvalue weighted by molar-refractivity contribution is 5.32. The molecule has 1 atom stereocenters. The molecule has 1 aliphatic carbocycles. The Kier molecular flexibility index (Phi) is 2.01. The van der Waals surface area contributed by atoms with Gasteiger partial charge in [-0.05, 0) is 25.0 Å². The summed E-state index contributed by atoms with van der Waals surface area (Å²) in [5.74, 6) is 1.49. The van der Waals surface area contributed by atoms with Crippen molar-refractivity contribution in [3.63, 3.8) is 0 Å². The van der Waals surface area contributed by atoms with Gasteiger partial charge in [0.2, 0.25) is 6.79 Å². The van der Waals surface area contributed by atoms with Crippen LogP contribution in [0, 0.1) is 0 Å². The minimum absolute atomic E-state index is 0.0876. The van der Waals surface area contributed by atoms with E-state index in [1.807, 2.05) is 12.2 Å². The molecule has 0 saturated carbocycles. The van der Waals surface area contributed by atoms with Gasteiger partial charge >= 0.3 is 0 Å². The summed E-state index contributed by atoms with van der Waals surface area (Å²) in [5.41, 5.74) is 5.54. The Morgan fingerprint density at radius 3 is 3.00 bits per heavy atom. The third-order valence-electron chi connectivity index (χ3n) is 2.34. The van der Waals surface area contributed by atoms with E-state index in [0.29, 0.717) is 18.6 Å². The normalized spacial score (nSPS) is 31.2. The van der Waals surface area contributed by atoms with Crippen LogP contribution >= 0.6 is 0 Å². The third kappa shape index (κ3) is 1.55.